The van der Waals surface area contributed by atoms with Crippen LogP contribution in [0.3, 0.4) is 0 Å². The second kappa shape index (κ2) is 11.9. The molecule has 0 saturated carbocycles. The lowest BCUT2D eigenvalue weighted by molar-refractivity contribution is 0.0972. The standard InChI is InChI=1S/C22H31N5O2.HI/c1-3-24-22(25-14-19-9-10-20(29-19)21(23)28)26-18-11-12-27(16(2)13-18)15-17-7-5-4-6-8-17;/h4-10,16,18H,3,11-15H2,1-2H3,(H2,23,28)(H2,24,25,26);1H. The van der Waals surface area contributed by atoms with Gasteiger partial charge >= 0.3 is 0 Å². The largest absolute Gasteiger partial charge is 0.454 e. The molecule has 0 radical (unpaired) electrons. The first-order valence-electron chi connectivity index (χ1n) is 10.3. The number of likely N-dealkylation sites (tertiary alicyclic amines) is 1. The summed E-state index contributed by atoms with van der Waals surface area (Å²) in [4.78, 5) is 18.3. The van der Waals surface area contributed by atoms with E-state index in [1.165, 1.54) is 5.56 Å². The zero-order valence-electron chi connectivity index (χ0n) is 17.6. The van der Waals surface area contributed by atoms with Crippen molar-refractivity contribution in [2.75, 3.05) is 13.1 Å². The number of aliphatic imine (C=N–C) groups is 1. The van der Waals surface area contributed by atoms with Crippen LogP contribution >= 0.6 is 24.0 Å². The maximum atomic E-state index is 11.2. The highest BCUT2D eigenvalue weighted by Gasteiger charge is 2.26. The Morgan fingerprint density at radius 2 is 2.03 bits per heavy atom. The van der Waals surface area contributed by atoms with Crippen LogP contribution in [0.25, 0.3) is 0 Å². The molecule has 4 N–H and O–H groups in total. The van der Waals surface area contributed by atoms with Crippen LogP contribution in [0.2, 0.25) is 0 Å². The Balaban J connectivity index is 0.00000320. The third-order valence-corrected chi connectivity index (χ3v) is 5.22. The minimum Gasteiger partial charge on any atom is -0.454 e. The number of hydrogen-bond acceptors (Lipinski definition) is 4. The van der Waals surface area contributed by atoms with Gasteiger partial charge in [0.05, 0.1) is 0 Å². The van der Waals surface area contributed by atoms with E-state index in [4.69, 9.17) is 10.2 Å². The fraction of sp³-hybridized carbons (Fsp3) is 0.455. The number of rotatable bonds is 7. The normalized spacial score (nSPS) is 19.7. The number of nitrogens with two attached hydrogens (primary N) is 1. The molecule has 1 aromatic heterocycles. The van der Waals surface area contributed by atoms with Crippen molar-refractivity contribution in [2.24, 2.45) is 10.7 Å². The van der Waals surface area contributed by atoms with Gasteiger partial charge in [0.1, 0.15) is 12.3 Å². The van der Waals surface area contributed by atoms with Crippen LogP contribution in [0.4, 0.5) is 0 Å². The van der Waals surface area contributed by atoms with Crippen molar-refractivity contribution in [1.82, 2.24) is 15.5 Å². The molecule has 1 aromatic carbocycles. The number of benzene rings is 1. The second-order valence-corrected chi connectivity index (χ2v) is 7.50. The molecule has 1 aliphatic rings. The number of primary amides is 1. The van der Waals surface area contributed by atoms with E-state index in [1.54, 1.807) is 12.1 Å². The first-order chi connectivity index (χ1) is 14.0. The van der Waals surface area contributed by atoms with Gasteiger partial charge in [0, 0.05) is 31.7 Å². The maximum absolute atomic E-state index is 11.2. The molecule has 0 aliphatic carbocycles. The summed E-state index contributed by atoms with van der Waals surface area (Å²) in [6.07, 6.45) is 2.12. The molecule has 1 saturated heterocycles. The van der Waals surface area contributed by atoms with Crippen molar-refractivity contribution >= 4 is 35.8 Å². The average Bonchev–Trinajstić information content (AvgIpc) is 3.19. The summed E-state index contributed by atoms with van der Waals surface area (Å²) in [5, 5.41) is 6.84. The first kappa shape index (κ1) is 24.2. The molecular weight excluding hydrogens is 493 g/mol. The summed E-state index contributed by atoms with van der Waals surface area (Å²) < 4.78 is 5.41. The fourth-order valence-corrected chi connectivity index (χ4v) is 3.67. The number of carbonyl (C=O) groups is 1. The SMILES string of the molecule is CCNC(=NCc1ccc(C(N)=O)o1)NC1CCN(Cc2ccccc2)C(C)C1.I. The summed E-state index contributed by atoms with van der Waals surface area (Å²) in [5.41, 5.74) is 6.59. The van der Waals surface area contributed by atoms with Gasteiger partial charge in [-0.05, 0) is 44.4 Å². The number of piperidine rings is 1. The smallest absolute Gasteiger partial charge is 0.284 e. The van der Waals surface area contributed by atoms with Gasteiger partial charge in [0.15, 0.2) is 11.7 Å². The predicted octanol–water partition coefficient (Wildman–Crippen LogP) is 3.10. The van der Waals surface area contributed by atoms with Gasteiger partial charge in [0.2, 0.25) is 0 Å². The molecule has 1 fully saturated rings. The second-order valence-electron chi connectivity index (χ2n) is 7.50. The van der Waals surface area contributed by atoms with Crippen molar-refractivity contribution in [3.63, 3.8) is 0 Å². The third-order valence-electron chi connectivity index (χ3n) is 5.22. The molecule has 0 spiro atoms. The van der Waals surface area contributed by atoms with Gasteiger partial charge in [0.25, 0.3) is 5.91 Å². The fourth-order valence-electron chi connectivity index (χ4n) is 3.67. The van der Waals surface area contributed by atoms with Crippen LogP contribution in [0.5, 0.6) is 0 Å². The number of hydrogen-bond donors (Lipinski definition) is 3. The third kappa shape index (κ3) is 7.02. The van der Waals surface area contributed by atoms with Crippen molar-refractivity contribution in [3.05, 3.63) is 59.5 Å². The molecule has 164 valence electrons. The maximum Gasteiger partial charge on any atom is 0.284 e. The number of nitrogens with one attached hydrogen (secondary N) is 2. The number of carbonyl (C=O) groups excluding carboxylic acids is 1. The van der Waals surface area contributed by atoms with Crippen molar-refractivity contribution in [3.8, 4) is 0 Å². The summed E-state index contributed by atoms with van der Waals surface area (Å²) in [7, 11) is 0. The monoisotopic (exact) mass is 525 g/mol. The van der Waals surface area contributed by atoms with Crippen LogP contribution in [-0.2, 0) is 13.1 Å². The molecule has 2 atom stereocenters. The zero-order chi connectivity index (χ0) is 20.6. The zero-order valence-corrected chi connectivity index (χ0v) is 20.0. The number of amides is 1. The van der Waals surface area contributed by atoms with E-state index in [0.29, 0.717) is 24.4 Å². The Morgan fingerprint density at radius 3 is 2.67 bits per heavy atom. The van der Waals surface area contributed by atoms with Crippen LogP contribution in [0, 0.1) is 0 Å². The van der Waals surface area contributed by atoms with E-state index < -0.39 is 5.91 Å². The number of nitrogens with zero attached hydrogens (tertiary/aromatic N) is 2. The lowest BCUT2D eigenvalue weighted by atomic mass is 9.97. The molecule has 3 rings (SSSR count). The van der Waals surface area contributed by atoms with Crippen molar-refractivity contribution in [2.45, 2.75) is 51.9 Å². The van der Waals surface area contributed by atoms with Gasteiger partial charge in [-0.15, -0.1) is 24.0 Å². The van der Waals surface area contributed by atoms with E-state index in [1.807, 2.05) is 6.92 Å². The molecule has 0 bridgehead atoms. The van der Waals surface area contributed by atoms with Crippen LogP contribution in [-0.4, -0.2) is 41.9 Å². The molecule has 7 nitrogen and oxygen atoms in total. The highest BCUT2D eigenvalue weighted by Crippen LogP contribution is 2.20. The minimum absolute atomic E-state index is 0. The molecule has 8 heteroatoms. The highest BCUT2D eigenvalue weighted by molar-refractivity contribution is 14.0. The molecule has 30 heavy (non-hydrogen) atoms. The number of halogens is 1. The summed E-state index contributed by atoms with van der Waals surface area (Å²) in [6.45, 7) is 7.50. The predicted molar refractivity (Wildman–Crippen MR) is 130 cm³/mol. The highest BCUT2D eigenvalue weighted by atomic mass is 127. The summed E-state index contributed by atoms with van der Waals surface area (Å²) >= 11 is 0. The minimum atomic E-state index is -0.568. The Labute approximate surface area is 195 Å². The van der Waals surface area contributed by atoms with Gasteiger partial charge in [-0.25, -0.2) is 4.99 Å². The quantitative estimate of drug-likeness (QED) is 0.294. The van der Waals surface area contributed by atoms with Crippen LogP contribution in [0.1, 0.15) is 48.6 Å². The Hall–Kier alpha value is -2.07. The molecule has 2 aromatic rings. The van der Waals surface area contributed by atoms with Crippen LogP contribution in [0.15, 0.2) is 51.9 Å². The lowest BCUT2D eigenvalue weighted by Gasteiger charge is -2.38. The molecular formula is C22H32IN5O2. The van der Waals surface area contributed by atoms with Gasteiger partial charge in [-0.1, -0.05) is 30.3 Å². The van der Waals surface area contributed by atoms with Crippen molar-refractivity contribution in [1.29, 1.82) is 0 Å². The van der Waals surface area contributed by atoms with E-state index in [2.05, 4.69) is 57.8 Å². The van der Waals surface area contributed by atoms with Crippen LogP contribution < -0.4 is 16.4 Å². The van der Waals surface area contributed by atoms with Crippen molar-refractivity contribution < 1.29 is 9.21 Å². The van der Waals surface area contributed by atoms with E-state index in [-0.39, 0.29) is 29.7 Å². The molecule has 2 unspecified atom stereocenters. The Morgan fingerprint density at radius 1 is 1.27 bits per heavy atom. The first-order valence-corrected chi connectivity index (χ1v) is 10.3. The molecule has 1 amide bonds. The summed E-state index contributed by atoms with van der Waals surface area (Å²) in [6, 6.07) is 14.8. The topological polar surface area (TPSA) is 95.9 Å². The number of guanidine groups is 1. The summed E-state index contributed by atoms with van der Waals surface area (Å²) in [5.74, 6) is 0.967. The van der Waals surface area contributed by atoms with Gasteiger partial charge in [-0.3, -0.25) is 9.69 Å². The van der Waals surface area contributed by atoms with Gasteiger partial charge in [-0.2, -0.15) is 0 Å². The Bertz CT molecular complexity index is 824. The van der Waals surface area contributed by atoms with Gasteiger partial charge < -0.3 is 20.8 Å². The Kier molecular flexibility index (Phi) is 9.64. The van der Waals surface area contributed by atoms with E-state index >= 15 is 0 Å². The van der Waals surface area contributed by atoms with E-state index in [0.717, 1.165) is 38.4 Å². The lowest BCUT2D eigenvalue weighted by Crippen LogP contribution is -2.51. The molecule has 2 heterocycles. The molecule has 1 aliphatic heterocycles. The number of furan rings is 1. The van der Waals surface area contributed by atoms with E-state index in [9.17, 15) is 4.79 Å². The average molecular weight is 525 g/mol.